The van der Waals surface area contributed by atoms with E-state index in [0.717, 1.165) is 19.1 Å². The van der Waals surface area contributed by atoms with Crippen molar-refractivity contribution < 1.29 is 14.0 Å². The Hall–Kier alpha value is -1.79. The molecule has 180 valence electrons. The van der Waals surface area contributed by atoms with Crippen molar-refractivity contribution >= 4 is 25.0 Å². The van der Waals surface area contributed by atoms with Gasteiger partial charge < -0.3 is 9.16 Å². The molecule has 0 bridgehead atoms. The lowest BCUT2D eigenvalue weighted by atomic mass is 9.78. The van der Waals surface area contributed by atoms with Crippen molar-refractivity contribution in [2.75, 3.05) is 7.11 Å². The van der Waals surface area contributed by atoms with Crippen molar-refractivity contribution in [2.45, 2.75) is 89.8 Å². The number of hydrogen-bond donors (Lipinski definition) is 0. The van der Waals surface area contributed by atoms with Crippen LogP contribution in [0.15, 0.2) is 60.7 Å². The Kier molecular flexibility index (Phi) is 7.40. The average molecular weight is 468 g/mol. The molecule has 0 aliphatic carbocycles. The van der Waals surface area contributed by atoms with Crippen LogP contribution >= 0.6 is 0 Å². The fraction of sp³-hybridized carbons (Fsp3) is 0.536. The molecule has 1 aliphatic rings. The van der Waals surface area contributed by atoms with Crippen LogP contribution in [-0.2, 0) is 14.0 Å². The maximum absolute atomic E-state index is 11.8. The predicted molar refractivity (Wildman–Crippen MR) is 139 cm³/mol. The molecule has 4 nitrogen and oxygen atoms in total. The minimum atomic E-state index is -2.65. The standard InChI is InChI=1S/C28H41NO3Si/c1-26(2,3)33(23-15-11-9-12-16-23,24-17-13-10-14-18-24)32-22-19-27(4,5)29(25(21-30)31-8)28(6,7)20-22/h9-18,21-22,25H,19-20H2,1-8H3/t25-/m0/s1. The van der Waals surface area contributed by atoms with Gasteiger partial charge in [0.15, 0.2) is 12.5 Å². The van der Waals surface area contributed by atoms with Gasteiger partial charge in [-0.05, 0) is 55.9 Å². The van der Waals surface area contributed by atoms with Gasteiger partial charge >= 0.3 is 0 Å². The predicted octanol–water partition coefficient (Wildman–Crippen LogP) is 4.76. The van der Waals surface area contributed by atoms with Gasteiger partial charge in [0.2, 0.25) is 0 Å². The fourth-order valence-corrected chi connectivity index (χ4v) is 10.8. The van der Waals surface area contributed by atoms with E-state index < -0.39 is 14.5 Å². The molecule has 1 saturated heterocycles. The molecular formula is C28H41NO3Si. The van der Waals surface area contributed by atoms with Gasteiger partial charge in [0.25, 0.3) is 8.32 Å². The number of aldehydes is 1. The first-order valence-electron chi connectivity index (χ1n) is 12.0. The van der Waals surface area contributed by atoms with Crippen LogP contribution in [0.25, 0.3) is 0 Å². The molecule has 2 aromatic carbocycles. The molecule has 0 unspecified atom stereocenters. The first kappa shape index (κ1) is 25.8. The molecule has 1 heterocycles. The molecule has 0 amide bonds. The van der Waals surface area contributed by atoms with Crippen molar-refractivity contribution in [3.63, 3.8) is 0 Å². The van der Waals surface area contributed by atoms with Crippen LogP contribution < -0.4 is 10.4 Å². The van der Waals surface area contributed by atoms with Crippen LogP contribution in [0.4, 0.5) is 0 Å². The van der Waals surface area contributed by atoms with Gasteiger partial charge in [-0.2, -0.15) is 0 Å². The van der Waals surface area contributed by atoms with Gasteiger partial charge in [-0.3, -0.25) is 9.69 Å². The second kappa shape index (κ2) is 9.45. The van der Waals surface area contributed by atoms with Crippen LogP contribution in [0.1, 0.15) is 61.3 Å². The third-order valence-corrected chi connectivity index (χ3v) is 12.2. The number of piperidine rings is 1. The van der Waals surface area contributed by atoms with Crippen molar-refractivity contribution in [3.8, 4) is 0 Å². The summed E-state index contributed by atoms with van der Waals surface area (Å²) in [6, 6.07) is 21.6. The van der Waals surface area contributed by atoms with Crippen LogP contribution in [0.2, 0.25) is 5.04 Å². The average Bonchev–Trinajstić information content (AvgIpc) is 2.74. The Labute approximate surface area is 201 Å². The first-order valence-corrected chi connectivity index (χ1v) is 13.9. The summed E-state index contributed by atoms with van der Waals surface area (Å²) in [5.41, 5.74) is -0.529. The highest BCUT2D eigenvalue weighted by molar-refractivity contribution is 6.99. The zero-order valence-electron chi connectivity index (χ0n) is 21.6. The topological polar surface area (TPSA) is 38.8 Å². The molecule has 0 spiro atoms. The van der Waals surface area contributed by atoms with E-state index in [-0.39, 0.29) is 22.2 Å². The number of methoxy groups -OCH3 is 1. The zero-order chi connectivity index (χ0) is 24.5. The van der Waals surface area contributed by atoms with E-state index in [2.05, 4.69) is 114 Å². The van der Waals surface area contributed by atoms with E-state index in [1.165, 1.54) is 10.4 Å². The summed E-state index contributed by atoms with van der Waals surface area (Å²) in [5, 5.41) is 2.52. The Morgan fingerprint density at radius 2 is 1.33 bits per heavy atom. The van der Waals surface area contributed by atoms with Crippen molar-refractivity contribution in [3.05, 3.63) is 60.7 Å². The minimum absolute atomic E-state index is 0.0571. The third kappa shape index (κ3) is 4.88. The van der Waals surface area contributed by atoms with Gasteiger partial charge in [-0.1, -0.05) is 81.4 Å². The first-order chi connectivity index (χ1) is 15.4. The summed E-state index contributed by atoms with van der Waals surface area (Å²) in [6.07, 6.45) is 2.06. The number of carbonyl (C=O) groups excluding carboxylic acids is 1. The Balaban J connectivity index is 2.11. The highest BCUT2D eigenvalue weighted by atomic mass is 28.4. The highest BCUT2D eigenvalue weighted by Gasteiger charge is 2.55. The SMILES string of the molecule is CO[C@@H](C=O)N1C(C)(C)CC(O[Si](c2ccccc2)(c2ccccc2)C(C)(C)C)CC1(C)C. The maximum Gasteiger partial charge on any atom is 0.261 e. The molecule has 1 atom stereocenters. The molecule has 5 heteroatoms. The second-order valence-corrected chi connectivity index (χ2v) is 15.8. The summed E-state index contributed by atoms with van der Waals surface area (Å²) in [5.74, 6) is 0. The van der Waals surface area contributed by atoms with E-state index in [1.807, 2.05) is 0 Å². The van der Waals surface area contributed by atoms with E-state index in [0.29, 0.717) is 0 Å². The monoisotopic (exact) mass is 467 g/mol. The van der Waals surface area contributed by atoms with Crippen LogP contribution in [0.5, 0.6) is 0 Å². The molecule has 3 rings (SSSR count). The Morgan fingerprint density at radius 3 is 1.67 bits per heavy atom. The van der Waals surface area contributed by atoms with Gasteiger partial charge in [-0.15, -0.1) is 0 Å². The van der Waals surface area contributed by atoms with E-state index in [9.17, 15) is 4.79 Å². The summed E-state index contributed by atoms with van der Waals surface area (Å²) >= 11 is 0. The van der Waals surface area contributed by atoms with Gasteiger partial charge in [-0.25, -0.2) is 0 Å². The number of hydrogen-bond acceptors (Lipinski definition) is 4. The van der Waals surface area contributed by atoms with E-state index in [1.54, 1.807) is 7.11 Å². The molecule has 0 saturated carbocycles. The van der Waals surface area contributed by atoms with Crippen LogP contribution in [-0.4, -0.2) is 50.0 Å². The summed E-state index contributed by atoms with van der Waals surface area (Å²) < 4.78 is 13.0. The molecular weight excluding hydrogens is 426 g/mol. The number of benzene rings is 2. The number of rotatable bonds is 7. The zero-order valence-corrected chi connectivity index (χ0v) is 22.6. The molecule has 0 radical (unpaired) electrons. The van der Waals surface area contributed by atoms with Crippen molar-refractivity contribution in [1.29, 1.82) is 0 Å². The summed E-state index contributed by atoms with van der Waals surface area (Å²) in [7, 11) is -1.04. The minimum Gasteiger partial charge on any atom is -0.404 e. The van der Waals surface area contributed by atoms with E-state index in [4.69, 9.17) is 9.16 Å². The van der Waals surface area contributed by atoms with Crippen LogP contribution in [0, 0.1) is 0 Å². The highest BCUT2D eigenvalue weighted by Crippen LogP contribution is 2.44. The van der Waals surface area contributed by atoms with Crippen molar-refractivity contribution in [2.24, 2.45) is 0 Å². The van der Waals surface area contributed by atoms with Gasteiger partial charge in [0, 0.05) is 24.3 Å². The molecule has 0 aromatic heterocycles. The number of ether oxygens (including phenoxy) is 1. The summed E-state index contributed by atoms with van der Waals surface area (Å²) in [6.45, 7) is 15.8. The molecule has 33 heavy (non-hydrogen) atoms. The third-order valence-electron chi connectivity index (χ3n) is 7.13. The fourth-order valence-electron chi connectivity index (χ4n) is 6.14. The molecule has 0 N–H and O–H groups in total. The Bertz CT molecular complexity index is 864. The van der Waals surface area contributed by atoms with Crippen molar-refractivity contribution in [1.82, 2.24) is 4.90 Å². The molecule has 1 fully saturated rings. The lowest BCUT2D eigenvalue weighted by molar-refractivity contribution is -0.173. The molecule has 2 aromatic rings. The smallest absolute Gasteiger partial charge is 0.261 e. The lowest BCUT2D eigenvalue weighted by Crippen LogP contribution is -2.71. The van der Waals surface area contributed by atoms with Crippen LogP contribution in [0.3, 0.4) is 0 Å². The number of carbonyl (C=O) groups is 1. The van der Waals surface area contributed by atoms with E-state index >= 15 is 0 Å². The quantitative estimate of drug-likeness (QED) is 0.435. The second-order valence-electron chi connectivity index (χ2n) is 11.6. The normalized spacial score (nSPS) is 20.4. The largest absolute Gasteiger partial charge is 0.404 e. The number of likely N-dealkylation sites (tertiary alicyclic amines) is 1. The maximum atomic E-state index is 11.8. The van der Waals surface area contributed by atoms with Gasteiger partial charge in [0.1, 0.15) is 0 Å². The Morgan fingerprint density at radius 1 is 0.909 bits per heavy atom. The van der Waals surface area contributed by atoms with Gasteiger partial charge in [0.05, 0.1) is 0 Å². The number of nitrogens with zero attached hydrogens (tertiary/aromatic N) is 1. The summed E-state index contributed by atoms with van der Waals surface area (Å²) in [4.78, 5) is 14.1. The molecule has 1 aliphatic heterocycles. The lowest BCUT2D eigenvalue weighted by Gasteiger charge is -2.58.